The first kappa shape index (κ1) is 12.0. The molecule has 0 aromatic heterocycles. The van der Waals surface area contributed by atoms with Gasteiger partial charge in [-0.15, -0.1) is 0 Å². The van der Waals surface area contributed by atoms with Crippen molar-refractivity contribution in [2.45, 2.75) is 32.1 Å². The molecule has 0 spiro atoms. The molecule has 0 aromatic carbocycles. The van der Waals surface area contributed by atoms with Crippen molar-refractivity contribution in [3.8, 4) is 0 Å². The van der Waals surface area contributed by atoms with E-state index in [-0.39, 0.29) is 17.7 Å². The highest BCUT2D eigenvalue weighted by molar-refractivity contribution is 5.88. The lowest BCUT2D eigenvalue weighted by atomic mass is 10.1. The molecule has 1 saturated carbocycles. The molecule has 1 unspecified atom stereocenters. The van der Waals surface area contributed by atoms with Gasteiger partial charge in [-0.1, -0.05) is 0 Å². The van der Waals surface area contributed by atoms with Crippen molar-refractivity contribution in [2.75, 3.05) is 26.2 Å². The number of amides is 2. The lowest BCUT2D eigenvalue weighted by Crippen LogP contribution is -2.40. The van der Waals surface area contributed by atoms with Crippen LogP contribution in [0.15, 0.2) is 0 Å². The minimum Gasteiger partial charge on any atom is -0.342 e. The summed E-state index contributed by atoms with van der Waals surface area (Å²) in [7, 11) is 0. The van der Waals surface area contributed by atoms with Crippen molar-refractivity contribution in [3.05, 3.63) is 0 Å². The third kappa shape index (κ3) is 2.51. The predicted molar refractivity (Wildman–Crippen MR) is 64.3 cm³/mol. The zero-order chi connectivity index (χ0) is 12.5. The average Bonchev–Trinajstić information content (AvgIpc) is 3.14. The van der Waals surface area contributed by atoms with E-state index < -0.39 is 0 Å². The molecule has 0 bridgehead atoms. The summed E-state index contributed by atoms with van der Waals surface area (Å²) in [5, 5.41) is 1.47. The van der Waals surface area contributed by atoms with Gasteiger partial charge in [-0.2, -0.15) is 0 Å². The Morgan fingerprint density at radius 2 is 2.17 bits per heavy atom. The van der Waals surface area contributed by atoms with Gasteiger partial charge in [0.05, 0.1) is 12.5 Å². The van der Waals surface area contributed by atoms with Gasteiger partial charge in [0, 0.05) is 26.1 Å². The van der Waals surface area contributed by atoms with Crippen molar-refractivity contribution in [2.24, 2.45) is 11.8 Å². The van der Waals surface area contributed by atoms with Crippen LogP contribution in [-0.2, 0) is 14.4 Å². The van der Waals surface area contributed by atoms with E-state index in [1.807, 2.05) is 4.90 Å². The Bertz CT molecular complexity index is 348. The predicted octanol–water partition coefficient (Wildman–Crippen LogP) is 0.799. The van der Waals surface area contributed by atoms with Gasteiger partial charge in [-0.3, -0.25) is 14.4 Å². The lowest BCUT2D eigenvalue weighted by Gasteiger charge is -2.28. The Balaban J connectivity index is 1.55. The summed E-state index contributed by atoms with van der Waals surface area (Å²) in [4.78, 5) is 31.3. The van der Waals surface area contributed by atoms with Gasteiger partial charge in [-0.25, -0.2) is 5.06 Å². The van der Waals surface area contributed by atoms with Crippen LogP contribution in [0.5, 0.6) is 0 Å². The van der Waals surface area contributed by atoms with Crippen LogP contribution >= 0.6 is 0 Å². The second-order valence-electron chi connectivity index (χ2n) is 5.62. The molecular formula is C13H20N2O3. The van der Waals surface area contributed by atoms with Crippen molar-refractivity contribution >= 4 is 11.8 Å². The molecule has 1 atom stereocenters. The summed E-state index contributed by atoms with van der Waals surface area (Å²) >= 11 is 0. The molecule has 18 heavy (non-hydrogen) atoms. The monoisotopic (exact) mass is 252 g/mol. The summed E-state index contributed by atoms with van der Waals surface area (Å²) in [6.07, 6.45) is 4.85. The van der Waals surface area contributed by atoms with E-state index in [2.05, 4.69) is 0 Å². The van der Waals surface area contributed by atoms with Gasteiger partial charge in [0.2, 0.25) is 5.91 Å². The van der Waals surface area contributed by atoms with E-state index >= 15 is 0 Å². The first-order valence-corrected chi connectivity index (χ1v) is 6.96. The Labute approximate surface area is 107 Å². The number of carbonyl (C=O) groups excluding carboxylic acids is 2. The standard InChI is InChI=1S/C13H20N2O3/c16-12-7-11(9-14(12)8-10-3-4-10)13(17)15-5-1-2-6-18-15/h10-11H,1-9H2. The fourth-order valence-electron chi connectivity index (χ4n) is 2.70. The maximum atomic E-state index is 12.2. The largest absolute Gasteiger partial charge is 0.342 e. The molecular weight excluding hydrogens is 232 g/mol. The number of hydrogen-bond donors (Lipinski definition) is 0. The zero-order valence-electron chi connectivity index (χ0n) is 10.6. The van der Waals surface area contributed by atoms with Gasteiger partial charge >= 0.3 is 0 Å². The molecule has 0 aromatic rings. The summed E-state index contributed by atoms with van der Waals surface area (Å²) < 4.78 is 0. The first-order valence-electron chi connectivity index (χ1n) is 6.96. The van der Waals surface area contributed by atoms with Crippen molar-refractivity contribution in [1.82, 2.24) is 9.96 Å². The zero-order valence-corrected chi connectivity index (χ0v) is 10.6. The molecule has 2 amide bonds. The number of rotatable bonds is 3. The third-order valence-electron chi connectivity index (χ3n) is 3.99. The Morgan fingerprint density at radius 3 is 2.83 bits per heavy atom. The van der Waals surface area contributed by atoms with Crippen LogP contribution in [0.2, 0.25) is 0 Å². The topological polar surface area (TPSA) is 49.9 Å². The van der Waals surface area contributed by atoms with Gasteiger partial charge in [0.15, 0.2) is 0 Å². The molecule has 3 rings (SSSR count). The molecule has 2 heterocycles. The molecule has 0 N–H and O–H groups in total. The van der Waals surface area contributed by atoms with Crippen LogP contribution in [0.3, 0.4) is 0 Å². The maximum Gasteiger partial charge on any atom is 0.251 e. The molecule has 3 aliphatic rings. The highest BCUT2D eigenvalue weighted by atomic mass is 16.7. The summed E-state index contributed by atoms with van der Waals surface area (Å²) in [5.74, 6) is 0.641. The summed E-state index contributed by atoms with van der Waals surface area (Å²) in [5.41, 5.74) is 0. The number of nitrogens with zero attached hydrogens (tertiary/aromatic N) is 2. The van der Waals surface area contributed by atoms with E-state index in [4.69, 9.17) is 4.84 Å². The fourth-order valence-corrected chi connectivity index (χ4v) is 2.70. The molecule has 2 aliphatic heterocycles. The SMILES string of the molecule is O=C1CC(C(=O)N2CCCCO2)CN1CC1CC1. The van der Waals surface area contributed by atoms with Crippen molar-refractivity contribution < 1.29 is 14.4 Å². The van der Waals surface area contributed by atoms with E-state index in [0.29, 0.717) is 32.0 Å². The second-order valence-corrected chi connectivity index (χ2v) is 5.62. The molecule has 0 radical (unpaired) electrons. The number of hydroxylamine groups is 2. The van der Waals surface area contributed by atoms with Crippen molar-refractivity contribution in [3.63, 3.8) is 0 Å². The van der Waals surface area contributed by atoms with Crippen molar-refractivity contribution in [1.29, 1.82) is 0 Å². The number of hydrogen-bond acceptors (Lipinski definition) is 3. The maximum absolute atomic E-state index is 12.2. The van der Waals surface area contributed by atoms with Gasteiger partial charge in [0.1, 0.15) is 0 Å². The molecule has 1 aliphatic carbocycles. The Kier molecular flexibility index (Phi) is 3.24. The van der Waals surface area contributed by atoms with Crippen LogP contribution in [0.25, 0.3) is 0 Å². The van der Waals surface area contributed by atoms with E-state index in [1.165, 1.54) is 17.9 Å². The normalized spacial score (nSPS) is 28.9. The fraction of sp³-hybridized carbons (Fsp3) is 0.846. The highest BCUT2D eigenvalue weighted by Gasteiger charge is 2.39. The van der Waals surface area contributed by atoms with Crippen LogP contribution in [0.1, 0.15) is 32.1 Å². The van der Waals surface area contributed by atoms with Crippen LogP contribution in [0.4, 0.5) is 0 Å². The smallest absolute Gasteiger partial charge is 0.251 e. The molecule has 100 valence electrons. The molecule has 3 fully saturated rings. The Hall–Kier alpha value is -1.10. The van der Waals surface area contributed by atoms with E-state index in [1.54, 1.807) is 0 Å². The van der Waals surface area contributed by atoms with Gasteiger partial charge < -0.3 is 4.90 Å². The lowest BCUT2D eigenvalue weighted by molar-refractivity contribution is -0.200. The molecule has 5 nitrogen and oxygen atoms in total. The van der Waals surface area contributed by atoms with Crippen LogP contribution < -0.4 is 0 Å². The quantitative estimate of drug-likeness (QED) is 0.746. The number of carbonyl (C=O) groups is 2. The number of likely N-dealkylation sites (tertiary alicyclic amines) is 1. The van der Waals surface area contributed by atoms with Crippen LogP contribution in [0, 0.1) is 11.8 Å². The molecule has 2 saturated heterocycles. The van der Waals surface area contributed by atoms with Crippen LogP contribution in [-0.4, -0.2) is 48.0 Å². The minimum absolute atomic E-state index is 0.00125. The molecule has 5 heteroatoms. The summed E-state index contributed by atoms with van der Waals surface area (Å²) in [6.45, 7) is 2.74. The van der Waals surface area contributed by atoms with E-state index in [9.17, 15) is 9.59 Å². The minimum atomic E-state index is -0.186. The highest BCUT2D eigenvalue weighted by Crippen LogP contribution is 2.32. The summed E-state index contributed by atoms with van der Waals surface area (Å²) in [6, 6.07) is 0. The van der Waals surface area contributed by atoms with Gasteiger partial charge in [0.25, 0.3) is 5.91 Å². The second kappa shape index (κ2) is 4.88. The third-order valence-corrected chi connectivity index (χ3v) is 3.99. The Morgan fingerprint density at radius 1 is 1.33 bits per heavy atom. The van der Waals surface area contributed by atoms with Gasteiger partial charge in [-0.05, 0) is 31.6 Å². The van der Waals surface area contributed by atoms with E-state index in [0.717, 1.165) is 19.4 Å². The first-order chi connectivity index (χ1) is 8.74. The average molecular weight is 252 g/mol.